The summed E-state index contributed by atoms with van der Waals surface area (Å²) in [5, 5.41) is 3.15. The highest BCUT2D eigenvalue weighted by Crippen LogP contribution is 2.25. The van der Waals surface area contributed by atoms with Crippen molar-refractivity contribution in [2.75, 3.05) is 34.0 Å². The third-order valence-corrected chi connectivity index (χ3v) is 2.58. The maximum absolute atomic E-state index is 11.6. The second-order valence-electron chi connectivity index (χ2n) is 3.86. The summed E-state index contributed by atoms with van der Waals surface area (Å²) in [6.45, 7) is 0.913. The molecular weight excluding hydrogens is 294 g/mol. The highest BCUT2D eigenvalue weighted by Gasteiger charge is 2.06. The summed E-state index contributed by atoms with van der Waals surface area (Å²) in [5.41, 5.74) is 4.98. The van der Waals surface area contributed by atoms with Gasteiger partial charge >= 0.3 is 0 Å². The largest absolute Gasteiger partial charge is 0.493 e. The molecule has 0 saturated heterocycles. The molecule has 1 rings (SSSR count). The van der Waals surface area contributed by atoms with E-state index in [1.807, 2.05) is 6.07 Å². The molecule has 0 aliphatic rings. The minimum Gasteiger partial charge on any atom is -0.493 e. The number of carbonyl (C=O) groups is 1. The summed E-state index contributed by atoms with van der Waals surface area (Å²) in [6, 6.07) is 7.08. The van der Waals surface area contributed by atoms with Crippen LogP contribution in [0.3, 0.4) is 0 Å². The van der Waals surface area contributed by atoms with Crippen molar-refractivity contribution in [2.45, 2.75) is 0 Å². The zero-order valence-corrected chi connectivity index (χ0v) is 12.8. The molecule has 0 heterocycles. The molecule has 0 radical (unpaired) electrons. The zero-order chi connectivity index (χ0) is 15.5. The Bertz CT molecular complexity index is 470. The smallest absolute Gasteiger partial charge is 0.276 e. The van der Waals surface area contributed by atoms with Gasteiger partial charge in [-0.3, -0.25) is 15.6 Å². The first-order chi connectivity index (χ1) is 10.2. The lowest BCUT2D eigenvalue weighted by Crippen LogP contribution is -2.48. The molecule has 3 N–H and O–H groups in total. The van der Waals surface area contributed by atoms with Gasteiger partial charge in [-0.05, 0) is 24.4 Å². The maximum atomic E-state index is 11.6. The average Bonchev–Trinajstić information content (AvgIpc) is 2.51. The Morgan fingerprint density at radius 3 is 2.57 bits per heavy atom. The number of thiocarbonyl (C=S) groups is 1. The molecule has 0 bridgehead atoms. The van der Waals surface area contributed by atoms with Crippen LogP contribution in [0.5, 0.6) is 11.5 Å². The summed E-state index contributed by atoms with van der Waals surface area (Å²) in [7, 11) is 3.13. The molecule has 0 saturated carbocycles. The van der Waals surface area contributed by atoms with E-state index in [-0.39, 0.29) is 12.5 Å². The number of carbonyl (C=O) groups excluding carboxylic acids is 1. The topological polar surface area (TPSA) is 80.9 Å². The molecule has 0 fully saturated rings. The Kier molecular flexibility index (Phi) is 7.92. The van der Waals surface area contributed by atoms with Gasteiger partial charge in [-0.1, -0.05) is 12.1 Å². The van der Waals surface area contributed by atoms with E-state index in [2.05, 4.69) is 16.2 Å². The predicted molar refractivity (Wildman–Crippen MR) is 82.2 cm³/mol. The molecule has 1 aromatic carbocycles. The van der Waals surface area contributed by atoms with Crippen molar-refractivity contribution < 1.29 is 19.0 Å². The van der Waals surface area contributed by atoms with Crippen LogP contribution in [0.25, 0.3) is 0 Å². The highest BCUT2D eigenvalue weighted by atomic mass is 32.1. The fourth-order valence-corrected chi connectivity index (χ4v) is 1.51. The van der Waals surface area contributed by atoms with Crippen LogP contribution in [0, 0.1) is 0 Å². The van der Waals surface area contributed by atoms with E-state index in [0.29, 0.717) is 29.8 Å². The van der Waals surface area contributed by atoms with Crippen molar-refractivity contribution in [3.05, 3.63) is 24.3 Å². The first kappa shape index (κ1) is 17.0. The molecular formula is C13H19N3O4S. The average molecular weight is 313 g/mol. The first-order valence-corrected chi connectivity index (χ1v) is 6.65. The molecule has 0 unspecified atom stereocenters. The van der Waals surface area contributed by atoms with E-state index >= 15 is 0 Å². The number of nitrogens with one attached hydrogen (secondary N) is 3. The summed E-state index contributed by atoms with van der Waals surface area (Å²) >= 11 is 4.95. The predicted octanol–water partition coefficient (Wildman–Crippen LogP) is 0.216. The number of amides is 1. The molecule has 0 spiro atoms. The van der Waals surface area contributed by atoms with E-state index < -0.39 is 0 Å². The van der Waals surface area contributed by atoms with E-state index in [1.54, 1.807) is 25.3 Å². The van der Waals surface area contributed by atoms with Gasteiger partial charge in [0.15, 0.2) is 23.2 Å². The summed E-state index contributed by atoms with van der Waals surface area (Å²) < 4.78 is 15.3. The number of para-hydroxylation sites is 2. The summed E-state index contributed by atoms with van der Waals surface area (Å²) in [5.74, 6) is 0.697. The minimum absolute atomic E-state index is 0.159. The number of hydrazine groups is 1. The molecule has 0 atom stereocenters. The van der Waals surface area contributed by atoms with E-state index in [1.165, 1.54) is 7.11 Å². The number of benzene rings is 1. The third-order valence-electron chi connectivity index (χ3n) is 2.34. The Hall–Kier alpha value is -2.06. The van der Waals surface area contributed by atoms with Crippen LogP contribution in [0.15, 0.2) is 24.3 Å². The third kappa shape index (κ3) is 6.77. The van der Waals surface area contributed by atoms with Gasteiger partial charge in [-0.25, -0.2) is 0 Å². The van der Waals surface area contributed by atoms with Crippen molar-refractivity contribution in [1.82, 2.24) is 16.2 Å². The van der Waals surface area contributed by atoms with Gasteiger partial charge < -0.3 is 19.5 Å². The first-order valence-electron chi connectivity index (χ1n) is 6.24. The lowest BCUT2D eigenvalue weighted by Gasteiger charge is -2.12. The Balaban J connectivity index is 2.26. The standard InChI is InChI=1S/C13H19N3O4S/c1-18-8-7-14-13(21)16-15-12(17)9-20-11-6-4-3-5-10(11)19-2/h3-6H,7-9H2,1-2H3,(H,15,17)(H2,14,16,21). The van der Waals surface area contributed by atoms with Gasteiger partial charge in [0.2, 0.25) is 0 Å². The summed E-state index contributed by atoms with van der Waals surface area (Å²) in [6.07, 6.45) is 0. The molecule has 21 heavy (non-hydrogen) atoms. The van der Waals surface area contributed by atoms with Crippen LogP contribution in [-0.4, -0.2) is 45.0 Å². The highest BCUT2D eigenvalue weighted by molar-refractivity contribution is 7.80. The van der Waals surface area contributed by atoms with E-state index in [9.17, 15) is 4.79 Å². The normalized spacial score (nSPS) is 9.62. The monoisotopic (exact) mass is 313 g/mol. The van der Waals surface area contributed by atoms with Gasteiger partial charge in [-0.15, -0.1) is 0 Å². The van der Waals surface area contributed by atoms with E-state index in [0.717, 1.165) is 0 Å². The van der Waals surface area contributed by atoms with Crippen molar-refractivity contribution >= 4 is 23.2 Å². The zero-order valence-electron chi connectivity index (χ0n) is 12.0. The Morgan fingerprint density at radius 2 is 1.90 bits per heavy atom. The van der Waals surface area contributed by atoms with Crippen molar-refractivity contribution in [3.63, 3.8) is 0 Å². The maximum Gasteiger partial charge on any atom is 0.276 e. The molecule has 0 aromatic heterocycles. The van der Waals surface area contributed by atoms with Crippen molar-refractivity contribution in [2.24, 2.45) is 0 Å². The van der Waals surface area contributed by atoms with Gasteiger partial charge in [0.1, 0.15) is 0 Å². The summed E-state index contributed by atoms with van der Waals surface area (Å²) in [4.78, 5) is 11.6. The fraction of sp³-hybridized carbons (Fsp3) is 0.385. The fourth-order valence-electron chi connectivity index (χ4n) is 1.35. The molecule has 7 nitrogen and oxygen atoms in total. The minimum atomic E-state index is -0.364. The lowest BCUT2D eigenvalue weighted by atomic mass is 10.3. The molecule has 1 amide bonds. The van der Waals surface area contributed by atoms with E-state index in [4.69, 9.17) is 26.4 Å². The van der Waals surface area contributed by atoms with Crippen LogP contribution in [0.4, 0.5) is 0 Å². The van der Waals surface area contributed by atoms with Crippen LogP contribution in [0.1, 0.15) is 0 Å². The van der Waals surface area contributed by atoms with Crippen molar-refractivity contribution in [3.8, 4) is 11.5 Å². The second-order valence-corrected chi connectivity index (χ2v) is 4.27. The number of methoxy groups -OCH3 is 2. The quantitative estimate of drug-likeness (QED) is 0.377. The SMILES string of the molecule is COCCNC(=S)NNC(=O)COc1ccccc1OC. The van der Waals surface area contributed by atoms with Gasteiger partial charge in [0.25, 0.3) is 5.91 Å². The van der Waals surface area contributed by atoms with Crippen LogP contribution >= 0.6 is 12.2 Å². The van der Waals surface area contributed by atoms with Crippen LogP contribution < -0.4 is 25.6 Å². The molecule has 0 aliphatic heterocycles. The molecule has 8 heteroatoms. The molecule has 0 aliphatic carbocycles. The van der Waals surface area contributed by atoms with Crippen LogP contribution in [0.2, 0.25) is 0 Å². The molecule has 116 valence electrons. The molecule has 1 aromatic rings. The number of rotatable bonds is 7. The van der Waals surface area contributed by atoms with Gasteiger partial charge in [-0.2, -0.15) is 0 Å². The lowest BCUT2D eigenvalue weighted by molar-refractivity contribution is -0.123. The number of ether oxygens (including phenoxy) is 3. The van der Waals surface area contributed by atoms with Crippen LogP contribution in [-0.2, 0) is 9.53 Å². The number of hydrogen-bond acceptors (Lipinski definition) is 5. The van der Waals surface area contributed by atoms with Gasteiger partial charge in [0.05, 0.1) is 13.7 Å². The number of hydrogen-bond donors (Lipinski definition) is 3. The van der Waals surface area contributed by atoms with Gasteiger partial charge in [0, 0.05) is 13.7 Å². The Labute approximate surface area is 128 Å². The Morgan fingerprint density at radius 1 is 1.19 bits per heavy atom. The van der Waals surface area contributed by atoms with Crippen molar-refractivity contribution in [1.29, 1.82) is 0 Å². The second kappa shape index (κ2) is 9.78.